The van der Waals surface area contributed by atoms with Crippen molar-refractivity contribution in [3.05, 3.63) is 59.4 Å². The number of hydrogen-bond donors (Lipinski definition) is 0. The van der Waals surface area contributed by atoms with E-state index in [9.17, 15) is 22.8 Å². The first kappa shape index (κ1) is 23.4. The lowest BCUT2D eigenvalue weighted by molar-refractivity contribution is -0.138. The zero-order valence-electron chi connectivity index (χ0n) is 18.7. The van der Waals surface area contributed by atoms with Crippen molar-refractivity contribution in [2.75, 3.05) is 44.2 Å². The molecule has 0 atom stereocenters. The van der Waals surface area contributed by atoms with Crippen LogP contribution in [0.15, 0.2) is 48.1 Å². The van der Waals surface area contributed by atoms with Crippen molar-refractivity contribution in [3.8, 4) is 0 Å². The number of anilines is 1. The van der Waals surface area contributed by atoms with Crippen LogP contribution in [0.4, 0.5) is 19.0 Å². The Labute approximate surface area is 203 Å². The summed E-state index contributed by atoms with van der Waals surface area (Å²) in [5.41, 5.74) is 1.24. The number of fused-ring (bicyclic) bond motifs is 1. The second-order valence-electron chi connectivity index (χ2n) is 8.47. The number of amides is 2. The largest absolute Gasteiger partial charge is 0.417 e. The first-order chi connectivity index (χ1) is 16.8. The van der Waals surface area contributed by atoms with Crippen LogP contribution >= 0.6 is 11.3 Å². The molecule has 0 aromatic carbocycles. The van der Waals surface area contributed by atoms with E-state index in [0.717, 1.165) is 28.9 Å². The molecule has 182 valence electrons. The van der Waals surface area contributed by atoms with Crippen LogP contribution in [0.3, 0.4) is 0 Å². The molecule has 5 heterocycles. The van der Waals surface area contributed by atoms with Crippen LogP contribution in [0.2, 0.25) is 0 Å². The number of alkyl halides is 3. The molecule has 2 aliphatic heterocycles. The molecule has 0 aliphatic carbocycles. The lowest BCUT2D eigenvalue weighted by atomic mass is 10.0. The van der Waals surface area contributed by atoms with E-state index in [2.05, 4.69) is 16.0 Å². The second-order valence-corrected chi connectivity index (χ2v) is 9.42. The van der Waals surface area contributed by atoms with Crippen molar-refractivity contribution in [1.29, 1.82) is 0 Å². The Balaban J connectivity index is 1.17. The normalized spacial score (nSPS) is 17.7. The van der Waals surface area contributed by atoms with Crippen LogP contribution in [0, 0.1) is 0 Å². The molecular weight excluding hydrogens is 479 g/mol. The molecule has 7 nitrogen and oxygen atoms in total. The molecule has 5 rings (SSSR count). The molecule has 0 unspecified atom stereocenters. The third kappa shape index (κ3) is 4.92. The third-order valence-corrected chi connectivity index (χ3v) is 7.14. The number of thiophene rings is 1. The van der Waals surface area contributed by atoms with E-state index in [1.54, 1.807) is 21.1 Å². The lowest BCUT2D eigenvalue weighted by Gasteiger charge is -2.35. The van der Waals surface area contributed by atoms with E-state index in [4.69, 9.17) is 0 Å². The number of carbonyl (C=O) groups excluding carboxylic acids is 2. The Morgan fingerprint density at radius 1 is 1.09 bits per heavy atom. The van der Waals surface area contributed by atoms with E-state index in [1.807, 2.05) is 23.7 Å². The minimum Gasteiger partial charge on any atom is -0.338 e. The number of rotatable bonds is 4. The van der Waals surface area contributed by atoms with Gasteiger partial charge in [-0.2, -0.15) is 13.2 Å². The monoisotopic (exact) mass is 501 g/mol. The molecular formula is C24H22F3N5O2S. The molecule has 1 saturated heterocycles. The minimum absolute atomic E-state index is 0.00739. The predicted molar refractivity (Wildman–Crippen MR) is 127 cm³/mol. The van der Waals surface area contributed by atoms with Crippen LogP contribution in [0.5, 0.6) is 0 Å². The van der Waals surface area contributed by atoms with Gasteiger partial charge in [-0.1, -0.05) is 6.08 Å². The summed E-state index contributed by atoms with van der Waals surface area (Å²) < 4.78 is 39.4. The standard InChI is InChI=1S/C24H22F3N5O2S/c25-24(26,27)17-1-2-20(29-13-17)32-11-10-30(15-22(32)34)14-21(33)31-8-4-16(5-9-31)23-18-6-12-35-19(18)3-7-28-23/h1-4,6-7,12-13H,5,8-11,14-15H2. The fourth-order valence-corrected chi connectivity index (χ4v) is 5.15. The Bertz CT molecular complexity index is 1290. The SMILES string of the molecule is O=C(CN1CCN(c2ccc(C(F)(F)F)cn2)C(=O)C1)N1CC=C(c2nccc3sccc23)CC1. The first-order valence-electron chi connectivity index (χ1n) is 11.1. The fourth-order valence-electron chi connectivity index (χ4n) is 4.37. The fraction of sp³-hybridized carbons (Fsp3) is 0.333. The summed E-state index contributed by atoms with van der Waals surface area (Å²) in [5.74, 6) is -0.181. The smallest absolute Gasteiger partial charge is 0.338 e. The van der Waals surface area contributed by atoms with Gasteiger partial charge >= 0.3 is 6.18 Å². The van der Waals surface area contributed by atoms with Crippen LogP contribution in [0.25, 0.3) is 15.7 Å². The molecule has 3 aromatic heterocycles. The number of pyridine rings is 2. The van der Waals surface area contributed by atoms with Gasteiger partial charge in [-0.25, -0.2) is 4.98 Å². The molecule has 0 N–H and O–H groups in total. The van der Waals surface area contributed by atoms with Crippen molar-refractivity contribution in [2.24, 2.45) is 0 Å². The number of piperazine rings is 1. The van der Waals surface area contributed by atoms with E-state index >= 15 is 0 Å². The lowest BCUT2D eigenvalue weighted by Crippen LogP contribution is -2.53. The maximum Gasteiger partial charge on any atom is 0.417 e. The Hall–Kier alpha value is -3.31. The highest BCUT2D eigenvalue weighted by molar-refractivity contribution is 7.17. The van der Waals surface area contributed by atoms with Crippen LogP contribution in [-0.2, 0) is 15.8 Å². The number of halogens is 3. The molecule has 0 spiro atoms. The summed E-state index contributed by atoms with van der Waals surface area (Å²) in [6.45, 7) is 1.87. The zero-order valence-corrected chi connectivity index (χ0v) is 19.5. The van der Waals surface area contributed by atoms with Crippen molar-refractivity contribution in [3.63, 3.8) is 0 Å². The van der Waals surface area contributed by atoms with Gasteiger partial charge in [0.15, 0.2) is 0 Å². The molecule has 2 aliphatic rings. The minimum atomic E-state index is -4.48. The average molecular weight is 502 g/mol. The molecule has 2 amide bonds. The molecule has 11 heteroatoms. The van der Waals surface area contributed by atoms with E-state index in [-0.39, 0.29) is 37.3 Å². The predicted octanol–water partition coefficient (Wildman–Crippen LogP) is 3.67. The van der Waals surface area contributed by atoms with Gasteiger partial charge in [0.25, 0.3) is 0 Å². The summed E-state index contributed by atoms with van der Waals surface area (Å²) in [6, 6.07) is 6.18. The average Bonchev–Trinajstić information content (AvgIpc) is 3.33. The number of nitrogens with zero attached hydrogens (tertiary/aromatic N) is 5. The maximum absolute atomic E-state index is 12.9. The number of hydrogen-bond acceptors (Lipinski definition) is 6. The maximum atomic E-state index is 12.9. The summed E-state index contributed by atoms with van der Waals surface area (Å²) in [7, 11) is 0. The second kappa shape index (κ2) is 9.38. The summed E-state index contributed by atoms with van der Waals surface area (Å²) in [5, 5.41) is 3.17. The highest BCUT2D eigenvalue weighted by atomic mass is 32.1. The molecule has 35 heavy (non-hydrogen) atoms. The van der Waals surface area contributed by atoms with E-state index in [1.165, 1.54) is 15.7 Å². The molecule has 0 bridgehead atoms. The van der Waals surface area contributed by atoms with Gasteiger partial charge in [-0.3, -0.25) is 24.4 Å². The zero-order chi connectivity index (χ0) is 24.6. The molecule has 1 fully saturated rings. The molecule has 0 radical (unpaired) electrons. The molecule has 0 saturated carbocycles. The topological polar surface area (TPSA) is 69.6 Å². The third-order valence-electron chi connectivity index (χ3n) is 6.26. The van der Waals surface area contributed by atoms with Gasteiger partial charge in [0.2, 0.25) is 11.8 Å². The van der Waals surface area contributed by atoms with Crippen molar-refractivity contribution in [2.45, 2.75) is 12.6 Å². The Morgan fingerprint density at radius 3 is 2.63 bits per heavy atom. The Morgan fingerprint density at radius 2 is 1.94 bits per heavy atom. The van der Waals surface area contributed by atoms with Crippen molar-refractivity contribution < 1.29 is 22.8 Å². The summed E-state index contributed by atoms with van der Waals surface area (Å²) in [4.78, 5) is 38.7. The van der Waals surface area contributed by atoms with Crippen molar-refractivity contribution >= 4 is 44.6 Å². The quantitative estimate of drug-likeness (QED) is 0.546. The number of carbonyl (C=O) groups is 2. The van der Waals surface area contributed by atoms with Crippen LogP contribution < -0.4 is 4.90 Å². The molecule has 3 aromatic rings. The van der Waals surface area contributed by atoms with Crippen LogP contribution in [0.1, 0.15) is 17.7 Å². The highest BCUT2D eigenvalue weighted by Gasteiger charge is 2.32. The highest BCUT2D eigenvalue weighted by Crippen LogP contribution is 2.31. The van der Waals surface area contributed by atoms with Gasteiger partial charge in [-0.15, -0.1) is 11.3 Å². The van der Waals surface area contributed by atoms with E-state index in [0.29, 0.717) is 26.1 Å². The van der Waals surface area contributed by atoms with E-state index < -0.39 is 11.7 Å². The Kier molecular flexibility index (Phi) is 6.28. The van der Waals surface area contributed by atoms with Crippen molar-refractivity contribution in [1.82, 2.24) is 19.8 Å². The first-order valence-corrected chi connectivity index (χ1v) is 12.0. The van der Waals surface area contributed by atoms with Crippen LogP contribution in [-0.4, -0.2) is 70.9 Å². The summed E-state index contributed by atoms with van der Waals surface area (Å²) in [6.07, 6.45) is 0.807. The number of aromatic nitrogens is 2. The van der Waals surface area contributed by atoms with Gasteiger partial charge in [0.05, 0.1) is 24.3 Å². The van der Waals surface area contributed by atoms with Gasteiger partial charge in [0, 0.05) is 48.7 Å². The summed E-state index contributed by atoms with van der Waals surface area (Å²) >= 11 is 1.67. The van der Waals surface area contributed by atoms with Gasteiger partial charge in [0.1, 0.15) is 5.82 Å². The van der Waals surface area contributed by atoms with Gasteiger partial charge < -0.3 is 4.90 Å². The van der Waals surface area contributed by atoms with Gasteiger partial charge in [-0.05, 0) is 41.6 Å².